The van der Waals surface area contributed by atoms with E-state index in [9.17, 15) is 9.59 Å². The van der Waals surface area contributed by atoms with Crippen LogP contribution < -0.4 is 0 Å². The summed E-state index contributed by atoms with van der Waals surface area (Å²) in [6.07, 6.45) is 6.07. The van der Waals surface area contributed by atoms with Gasteiger partial charge in [0, 0.05) is 5.56 Å². The molecule has 2 unspecified atom stereocenters. The fourth-order valence-corrected chi connectivity index (χ4v) is 4.00. The molecule has 2 atom stereocenters. The Morgan fingerprint density at radius 1 is 1.08 bits per heavy atom. The molecule has 26 heavy (non-hydrogen) atoms. The quantitative estimate of drug-likeness (QED) is 0.305. The van der Waals surface area contributed by atoms with Crippen LogP contribution in [0.3, 0.4) is 0 Å². The lowest BCUT2D eigenvalue weighted by Gasteiger charge is -2.28. The van der Waals surface area contributed by atoms with Crippen molar-refractivity contribution in [2.24, 2.45) is 11.8 Å². The van der Waals surface area contributed by atoms with Crippen LogP contribution in [-0.4, -0.2) is 18.4 Å². The molecule has 4 nitrogen and oxygen atoms in total. The number of esters is 1. The van der Waals surface area contributed by atoms with Gasteiger partial charge in [0.2, 0.25) is 0 Å². The van der Waals surface area contributed by atoms with Crippen molar-refractivity contribution >= 4 is 20.9 Å². The first kappa shape index (κ1) is 22.6. The zero-order valence-electron chi connectivity index (χ0n) is 16.6. The van der Waals surface area contributed by atoms with E-state index in [0.717, 1.165) is 48.8 Å². The van der Waals surface area contributed by atoms with E-state index in [-0.39, 0.29) is 17.7 Å². The number of Topliss-reactive ketones (excluding diaryl/α,β-unsaturated/α-hetero) is 1. The normalized spacial score (nSPS) is 15.7. The van der Waals surface area contributed by atoms with Crippen molar-refractivity contribution < 1.29 is 18.9 Å². The highest BCUT2D eigenvalue weighted by Gasteiger charge is 2.38. The van der Waals surface area contributed by atoms with Crippen LogP contribution in [0.1, 0.15) is 72.5 Å². The molecule has 2 rings (SSSR count). The Labute approximate surface area is 159 Å². The predicted octanol–water partition coefficient (Wildman–Crippen LogP) is 4.88. The molecule has 1 fully saturated rings. The average Bonchev–Trinajstić information content (AvgIpc) is 2.62. The monoisotopic (exact) mass is 380 g/mol. The Morgan fingerprint density at radius 3 is 2.12 bits per heavy atom. The highest BCUT2D eigenvalue weighted by Crippen LogP contribution is 2.34. The summed E-state index contributed by atoms with van der Waals surface area (Å²) in [4.78, 5) is 26.0. The molecule has 0 heterocycles. The first-order valence-corrected chi connectivity index (χ1v) is 10.1. The highest BCUT2D eigenvalue weighted by atomic mass is 31.0. The third kappa shape index (κ3) is 5.81. The largest absolute Gasteiger partial charge is 0.465 e. The lowest BCUT2D eigenvalue weighted by atomic mass is 9.75. The van der Waals surface area contributed by atoms with E-state index in [1.807, 2.05) is 39.8 Å². The van der Waals surface area contributed by atoms with Gasteiger partial charge in [0.25, 0.3) is 0 Å². The molecule has 0 N–H and O–H groups in total. The number of benzene rings is 1. The summed E-state index contributed by atoms with van der Waals surface area (Å²) in [6.45, 7) is 8.31. The van der Waals surface area contributed by atoms with Crippen LogP contribution in [0.2, 0.25) is 0 Å². The Hall–Kier alpha value is -1.41. The second kappa shape index (κ2) is 11.3. The van der Waals surface area contributed by atoms with Gasteiger partial charge in [-0.3, -0.25) is 9.59 Å². The fraction of sp³-hybridized carbons (Fsp3) is 0.619. The topological polar surface area (TPSA) is 60.4 Å². The molecule has 0 radical (unpaired) electrons. The van der Waals surface area contributed by atoms with Gasteiger partial charge in [-0.05, 0) is 57.1 Å². The molecular weight excluding hydrogens is 347 g/mol. The summed E-state index contributed by atoms with van der Waals surface area (Å²) in [6, 6.07) is 4.05. The molecule has 1 aromatic rings. The molecule has 1 aromatic carbocycles. The maximum Gasteiger partial charge on any atom is 0.317 e. The minimum Gasteiger partial charge on any atom is -0.465 e. The van der Waals surface area contributed by atoms with Crippen molar-refractivity contribution in [2.45, 2.75) is 66.2 Å². The lowest BCUT2D eigenvalue weighted by Crippen LogP contribution is -2.35. The number of hydrogen-bond donors (Lipinski definition) is 0. The van der Waals surface area contributed by atoms with Crippen LogP contribution in [0.4, 0.5) is 0 Å². The molecule has 1 aliphatic rings. The van der Waals surface area contributed by atoms with E-state index in [4.69, 9.17) is 9.30 Å². The summed E-state index contributed by atoms with van der Waals surface area (Å²) in [5, 5.41) is 0. The Morgan fingerprint density at radius 2 is 1.62 bits per heavy atom. The van der Waals surface area contributed by atoms with Gasteiger partial charge in [-0.1, -0.05) is 43.9 Å². The number of rotatable bonds is 6. The SMILES string of the molecule is CCCOC(=O)C(C(=O)c1c(C)cc(C)cc1C)C1CCCCC1.O=[PH3]. The van der Waals surface area contributed by atoms with Crippen molar-refractivity contribution in [3.8, 4) is 0 Å². The zero-order valence-corrected chi connectivity index (χ0v) is 18.0. The van der Waals surface area contributed by atoms with Crippen molar-refractivity contribution in [3.63, 3.8) is 0 Å². The molecule has 0 bridgehead atoms. The van der Waals surface area contributed by atoms with Crippen LogP contribution >= 0.6 is 9.12 Å². The summed E-state index contributed by atoms with van der Waals surface area (Å²) in [5.74, 6) is -0.890. The van der Waals surface area contributed by atoms with Gasteiger partial charge in [0.05, 0.1) is 15.7 Å². The molecule has 0 aromatic heterocycles. The van der Waals surface area contributed by atoms with Gasteiger partial charge in [0.15, 0.2) is 5.78 Å². The van der Waals surface area contributed by atoms with E-state index >= 15 is 0 Å². The van der Waals surface area contributed by atoms with Crippen molar-refractivity contribution in [3.05, 3.63) is 34.4 Å². The molecule has 5 heteroatoms. The minimum atomic E-state index is -0.642. The number of carbonyl (C=O) groups is 2. The standard InChI is InChI=1S/C21H30O3.H3OP/c1-5-11-24-21(23)19(17-9-7-6-8-10-17)20(22)18-15(3)12-14(2)13-16(18)4;1-2/h12-13,17,19H,5-11H2,1-4H3;2H3. The fourth-order valence-electron chi connectivity index (χ4n) is 4.00. The molecule has 1 saturated carbocycles. The van der Waals surface area contributed by atoms with Gasteiger partial charge < -0.3 is 9.30 Å². The molecule has 1 aliphatic carbocycles. The summed E-state index contributed by atoms with van der Waals surface area (Å²) in [5.41, 5.74) is 3.78. The molecule has 146 valence electrons. The molecule has 0 aliphatic heterocycles. The number of ketones is 1. The minimum absolute atomic E-state index is 0.0435. The third-order valence-electron chi connectivity index (χ3n) is 5.03. The maximum atomic E-state index is 13.3. The van der Waals surface area contributed by atoms with E-state index in [1.54, 1.807) is 0 Å². The third-order valence-corrected chi connectivity index (χ3v) is 5.03. The predicted molar refractivity (Wildman–Crippen MR) is 108 cm³/mol. The Bertz CT molecular complexity index is 597. The second-order valence-electron chi connectivity index (χ2n) is 7.18. The van der Waals surface area contributed by atoms with Crippen molar-refractivity contribution in [1.29, 1.82) is 0 Å². The zero-order chi connectivity index (χ0) is 19.7. The molecular formula is C21H33O4P. The highest BCUT2D eigenvalue weighted by molar-refractivity contribution is 7.00. The summed E-state index contributed by atoms with van der Waals surface area (Å²) < 4.78 is 13.7. The second-order valence-corrected chi connectivity index (χ2v) is 7.18. The van der Waals surface area contributed by atoms with E-state index < -0.39 is 5.92 Å². The van der Waals surface area contributed by atoms with E-state index in [2.05, 4.69) is 0 Å². The van der Waals surface area contributed by atoms with Crippen molar-refractivity contribution in [2.75, 3.05) is 6.61 Å². The number of ether oxygens (including phenoxy) is 1. The average molecular weight is 380 g/mol. The molecule has 0 amide bonds. The van der Waals surface area contributed by atoms with Gasteiger partial charge in [0.1, 0.15) is 5.92 Å². The van der Waals surface area contributed by atoms with Gasteiger partial charge in [-0.2, -0.15) is 0 Å². The van der Waals surface area contributed by atoms with Crippen molar-refractivity contribution in [1.82, 2.24) is 0 Å². The van der Waals surface area contributed by atoms with E-state index in [1.165, 1.54) is 6.42 Å². The van der Waals surface area contributed by atoms with Gasteiger partial charge in [-0.25, -0.2) is 0 Å². The Kier molecular flexibility index (Phi) is 9.87. The number of hydrogen-bond acceptors (Lipinski definition) is 4. The van der Waals surface area contributed by atoms with Crippen LogP contribution in [0.15, 0.2) is 12.1 Å². The smallest absolute Gasteiger partial charge is 0.317 e. The first-order valence-electron chi connectivity index (χ1n) is 9.53. The van der Waals surface area contributed by atoms with Crippen LogP contribution in [0, 0.1) is 32.6 Å². The van der Waals surface area contributed by atoms with Crippen LogP contribution in [0.25, 0.3) is 0 Å². The molecule has 0 saturated heterocycles. The van der Waals surface area contributed by atoms with Crippen LogP contribution in [-0.2, 0) is 14.1 Å². The molecule has 0 spiro atoms. The van der Waals surface area contributed by atoms with Crippen LogP contribution in [0.5, 0.6) is 0 Å². The lowest BCUT2D eigenvalue weighted by molar-refractivity contribution is -0.148. The first-order chi connectivity index (χ1) is 12.5. The van der Waals surface area contributed by atoms with E-state index in [0.29, 0.717) is 21.3 Å². The summed E-state index contributed by atoms with van der Waals surface area (Å²) in [7, 11) is 0.611. The van der Waals surface area contributed by atoms with Gasteiger partial charge in [-0.15, -0.1) is 0 Å². The Balaban J connectivity index is 0.00000163. The summed E-state index contributed by atoms with van der Waals surface area (Å²) >= 11 is 0. The maximum absolute atomic E-state index is 13.3. The number of carbonyl (C=O) groups excluding carboxylic acids is 2. The van der Waals surface area contributed by atoms with Gasteiger partial charge >= 0.3 is 5.97 Å². The number of aryl methyl sites for hydroxylation is 3.